The van der Waals surface area contributed by atoms with E-state index in [2.05, 4.69) is 26.6 Å². The van der Waals surface area contributed by atoms with Gasteiger partial charge >= 0.3 is 6.18 Å². The first-order valence-electron chi connectivity index (χ1n) is 33.8. The molecule has 0 aromatic rings. The molecule has 12 amide bonds. The lowest BCUT2D eigenvalue weighted by atomic mass is 9.78. The number of rotatable bonds is 18. The summed E-state index contributed by atoms with van der Waals surface area (Å²) in [6, 6.07) is -8.96. The summed E-state index contributed by atoms with van der Waals surface area (Å²) in [5.41, 5.74) is -2.57. The van der Waals surface area contributed by atoms with Crippen LogP contribution in [0.1, 0.15) is 161 Å². The van der Waals surface area contributed by atoms with Crippen LogP contribution in [-0.2, 0) is 67.0 Å². The minimum atomic E-state index is -4.56. The molecule has 30 heteroatoms. The van der Waals surface area contributed by atoms with Gasteiger partial charge in [-0.15, -0.1) is 11.6 Å². The van der Waals surface area contributed by atoms with Crippen molar-refractivity contribution in [2.45, 2.75) is 226 Å². The van der Waals surface area contributed by atoms with Crippen LogP contribution in [0.2, 0.25) is 0 Å². The lowest BCUT2D eigenvalue weighted by Gasteiger charge is -2.38. The summed E-state index contributed by atoms with van der Waals surface area (Å²) in [6.07, 6.45) is -4.07. The average molecular weight is 1410 g/mol. The van der Waals surface area contributed by atoms with Gasteiger partial charge in [-0.1, -0.05) is 61.8 Å². The number of alkyl halides is 4. The fourth-order valence-corrected chi connectivity index (χ4v) is 12.1. The summed E-state index contributed by atoms with van der Waals surface area (Å²) < 4.78 is 53.7. The lowest BCUT2D eigenvalue weighted by Crippen LogP contribution is -2.63. The molecule has 0 aromatic heterocycles. The first kappa shape index (κ1) is 86.7. The normalized spacial score (nSPS) is 26.4. The van der Waals surface area contributed by atoms with Crippen LogP contribution >= 0.6 is 11.6 Å². The van der Waals surface area contributed by atoms with Gasteiger partial charge in [0.1, 0.15) is 48.4 Å². The molecular weight excluding hydrogens is 1290 g/mol. The molecule has 97 heavy (non-hydrogen) atoms. The molecule has 5 N–H and O–H groups in total. The SMILES string of the molecule is CC[C@H](C)[C@@H]1NC(=O)[C@H](CC(C)C)N(C)C(=O)C[C@@H](C)NC(=O)[C@H](CC(C)C)N(C)C(=O)C(C)(C)NC(=O)[C@H](COCC(=O)NC(C)(C)C)N(C)C(=O)[C@H](CCC2CCC(C(F)(F)F)C(Cl)C2)NC(=O)CN(C)C(=O)[C@H](COCCC(C)C)N(C)C(=O)CN(C)C(=O)CN(C)C1=O. The van der Waals surface area contributed by atoms with Crippen LogP contribution in [0.5, 0.6) is 0 Å². The molecule has 0 spiro atoms. The van der Waals surface area contributed by atoms with Crippen molar-refractivity contribution in [1.29, 1.82) is 0 Å². The Balaban J connectivity index is 2.93. The van der Waals surface area contributed by atoms with Gasteiger partial charge in [0, 0.05) is 79.3 Å². The van der Waals surface area contributed by atoms with Crippen LogP contribution in [0, 0.1) is 35.5 Å². The summed E-state index contributed by atoms with van der Waals surface area (Å²) >= 11 is 6.35. The van der Waals surface area contributed by atoms with Gasteiger partial charge in [0.2, 0.25) is 70.9 Å². The highest BCUT2D eigenvalue weighted by Gasteiger charge is 2.48. The Morgan fingerprint density at radius 1 is 0.629 bits per heavy atom. The molecule has 0 radical (unpaired) electrons. The van der Waals surface area contributed by atoms with E-state index in [4.69, 9.17) is 21.1 Å². The summed E-state index contributed by atoms with van der Waals surface area (Å²) in [4.78, 5) is 180. The summed E-state index contributed by atoms with van der Waals surface area (Å²) in [6.45, 7) is 21.0. The third-order valence-corrected chi connectivity index (χ3v) is 18.2. The Morgan fingerprint density at radius 2 is 1.16 bits per heavy atom. The molecule has 2 aliphatic rings. The molecule has 2 fully saturated rings. The van der Waals surface area contributed by atoms with Crippen molar-refractivity contribution < 1.29 is 80.2 Å². The van der Waals surface area contributed by atoms with E-state index in [1.807, 2.05) is 48.5 Å². The minimum absolute atomic E-state index is 0.0559. The first-order valence-corrected chi connectivity index (χ1v) is 34.3. The van der Waals surface area contributed by atoms with Crippen molar-refractivity contribution in [2.75, 3.05) is 95.4 Å². The van der Waals surface area contributed by atoms with E-state index in [1.165, 1.54) is 68.1 Å². The number of hydrogen-bond acceptors (Lipinski definition) is 14. The van der Waals surface area contributed by atoms with E-state index < -0.39 is 186 Å². The van der Waals surface area contributed by atoms with E-state index in [9.17, 15) is 65.9 Å². The third kappa shape index (κ3) is 28.1. The fourth-order valence-electron chi connectivity index (χ4n) is 11.5. The van der Waals surface area contributed by atoms with Gasteiger partial charge in [0.15, 0.2) is 0 Å². The largest absolute Gasteiger partial charge is 0.393 e. The van der Waals surface area contributed by atoms with Crippen molar-refractivity contribution in [1.82, 2.24) is 60.9 Å². The maximum Gasteiger partial charge on any atom is 0.393 e. The van der Waals surface area contributed by atoms with E-state index >= 15 is 4.79 Å². The van der Waals surface area contributed by atoms with Gasteiger partial charge in [-0.05, 0) is 122 Å². The third-order valence-electron chi connectivity index (χ3n) is 17.8. The molecule has 1 aliphatic carbocycles. The topological polar surface area (TPSA) is 306 Å². The predicted octanol–water partition coefficient (Wildman–Crippen LogP) is 3.94. The van der Waals surface area contributed by atoms with Gasteiger partial charge in [-0.3, -0.25) is 57.5 Å². The molecule has 556 valence electrons. The molecular formula is C67H116ClF3N12O14. The summed E-state index contributed by atoms with van der Waals surface area (Å²) in [5, 5.41) is 12.5. The van der Waals surface area contributed by atoms with Crippen molar-refractivity contribution in [3.63, 3.8) is 0 Å². The first-order chi connectivity index (χ1) is 44.6. The van der Waals surface area contributed by atoms with Crippen LogP contribution in [0.15, 0.2) is 0 Å². The highest BCUT2D eigenvalue weighted by atomic mass is 35.5. The predicted molar refractivity (Wildman–Crippen MR) is 361 cm³/mol. The number of amides is 12. The van der Waals surface area contributed by atoms with Crippen LogP contribution in [0.3, 0.4) is 0 Å². The molecule has 1 heterocycles. The number of carbonyl (C=O) groups excluding carboxylic acids is 12. The second kappa shape index (κ2) is 38.9. The van der Waals surface area contributed by atoms with E-state index in [1.54, 1.807) is 34.6 Å². The highest BCUT2D eigenvalue weighted by molar-refractivity contribution is 6.20. The molecule has 0 bridgehead atoms. The van der Waals surface area contributed by atoms with Crippen molar-refractivity contribution in [2.24, 2.45) is 35.5 Å². The maximum atomic E-state index is 15.1. The van der Waals surface area contributed by atoms with Gasteiger partial charge in [-0.25, -0.2) is 0 Å². The number of nitrogens with one attached hydrogen (secondary N) is 5. The van der Waals surface area contributed by atoms with Crippen molar-refractivity contribution >= 4 is 82.5 Å². The fraction of sp³-hybridized carbons (Fsp3) is 0.821. The molecule has 1 saturated carbocycles. The molecule has 26 nitrogen and oxygen atoms in total. The molecule has 1 aliphatic heterocycles. The van der Waals surface area contributed by atoms with Gasteiger partial charge < -0.3 is 70.4 Å². The standard InChI is InChI=1S/C67H116ClF3N12O14/c1-22-42(8)57-63(94)79(17)34-55(87)77(15)35-56(88)81(19)51(37-96-28-27-39(2)3)62(93)78(16)33-52(84)73-47(26-24-44-23-25-45(46(68)32-44)67(69,70)71)61(92)82(20)50(36-97-38-53(85)75-65(10,11)12)60(91)76-66(13,14)64(95)83(21)49(30-41(6)7)58(89)72-43(9)31-54(86)80(18)48(29-40(4)5)59(90)74-57/h39-51,57H,22-38H2,1-21H3,(H,72,89)(H,73,84)(H,74,90)(H,75,85)(H,76,91)/t42-,43+,44?,45?,46?,47-,48-,49-,50-,51-,57-/m0/s1. The summed E-state index contributed by atoms with van der Waals surface area (Å²) in [7, 11) is 9.30. The minimum Gasteiger partial charge on any atom is -0.379 e. The second-order valence-corrected chi connectivity index (χ2v) is 30.1. The lowest BCUT2D eigenvalue weighted by molar-refractivity contribution is -0.182. The Morgan fingerprint density at radius 3 is 1.70 bits per heavy atom. The average Bonchev–Trinajstić information content (AvgIpc) is 0.824. The summed E-state index contributed by atoms with van der Waals surface area (Å²) in [5.74, 6) is -11.7. The van der Waals surface area contributed by atoms with Crippen LogP contribution in [0.25, 0.3) is 0 Å². The quantitative estimate of drug-likeness (QED) is 0.0960. The molecule has 2 rings (SSSR count). The van der Waals surface area contributed by atoms with Crippen LogP contribution in [-0.4, -0.2) is 266 Å². The van der Waals surface area contributed by atoms with Gasteiger partial charge in [0.05, 0.1) is 38.8 Å². The Kier molecular flexibility index (Phi) is 34.7. The van der Waals surface area contributed by atoms with Crippen molar-refractivity contribution in [3.8, 4) is 0 Å². The van der Waals surface area contributed by atoms with E-state index in [0.717, 1.165) is 29.4 Å². The zero-order valence-corrected chi connectivity index (χ0v) is 62.2. The Labute approximate surface area is 578 Å². The van der Waals surface area contributed by atoms with Crippen LogP contribution < -0.4 is 26.6 Å². The molecule has 11 atom stereocenters. The number of hydrogen-bond donors (Lipinski definition) is 5. The van der Waals surface area contributed by atoms with Gasteiger partial charge in [-0.2, -0.15) is 13.2 Å². The molecule has 1 saturated heterocycles. The number of carbonyl (C=O) groups is 12. The monoisotopic (exact) mass is 1400 g/mol. The second-order valence-electron chi connectivity index (χ2n) is 29.5. The Hall–Kier alpha value is -6.36. The van der Waals surface area contributed by atoms with E-state index in [0.29, 0.717) is 12.8 Å². The zero-order chi connectivity index (χ0) is 74.5. The van der Waals surface area contributed by atoms with E-state index in [-0.39, 0.29) is 82.3 Å². The number of likely N-dealkylation sites (N-methyl/N-ethyl adjacent to an activating group) is 7. The molecule has 3 unspecified atom stereocenters. The van der Waals surface area contributed by atoms with Crippen LogP contribution in [0.4, 0.5) is 13.2 Å². The Bertz CT molecular complexity index is 2700. The maximum absolute atomic E-state index is 15.1. The number of halogens is 4. The number of ether oxygens (including phenoxy) is 2. The zero-order valence-electron chi connectivity index (χ0n) is 61.5. The molecule has 0 aromatic carbocycles. The number of nitrogens with zero attached hydrogens (tertiary/aromatic N) is 7. The van der Waals surface area contributed by atoms with Gasteiger partial charge in [0.25, 0.3) is 0 Å². The van der Waals surface area contributed by atoms with Crippen molar-refractivity contribution in [3.05, 3.63) is 0 Å². The smallest absolute Gasteiger partial charge is 0.379 e. The highest BCUT2D eigenvalue weighted by Crippen LogP contribution is 2.43.